The molecule has 0 radical (unpaired) electrons. The predicted molar refractivity (Wildman–Crippen MR) is 82.6 cm³/mol. The molecule has 2 N–H and O–H groups in total. The summed E-state index contributed by atoms with van der Waals surface area (Å²) in [7, 11) is 0. The highest BCUT2D eigenvalue weighted by atomic mass is 16.4. The van der Waals surface area contributed by atoms with Crippen LogP contribution >= 0.6 is 0 Å². The third kappa shape index (κ3) is 6.89. The molecule has 0 saturated heterocycles. The van der Waals surface area contributed by atoms with Gasteiger partial charge < -0.3 is 15.1 Å². The molecular formula is C15H30N4O. The van der Waals surface area contributed by atoms with Crippen molar-refractivity contribution >= 4 is 6.01 Å². The molecule has 1 heterocycles. The quantitative estimate of drug-likeness (QED) is 0.802. The molecule has 0 aliphatic heterocycles. The summed E-state index contributed by atoms with van der Waals surface area (Å²) in [5.41, 5.74) is 0.172. The van der Waals surface area contributed by atoms with Crippen molar-refractivity contribution in [3.8, 4) is 0 Å². The normalized spacial score (nSPS) is 13.0. The minimum Gasteiger partial charge on any atom is -0.407 e. The van der Waals surface area contributed by atoms with Crippen LogP contribution in [0.3, 0.4) is 0 Å². The number of nitrogens with zero attached hydrogens (tertiary/aromatic N) is 2. The Kier molecular flexibility index (Phi) is 5.57. The van der Waals surface area contributed by atoms with Gasteiger partial charge in [0.15, 0.2) is 0 Å². The molecule has 116 valence electrons. The Morgan fingerprint density at radius 1 is 1.10 bits per heavy atom. The molecule has 0 fully saturated rings. The van der Waals surface area contributed by atoms with Crippen LogP contribution in [0.1, 0.15) is 60.8 Å². The first-order valence-electron chi connectivity index (χ1n) is 7.39. The van der Waals surface area contributed by atoms with Crippen LogP contribution in [0, 0.1) is 11.3 Å². The number of nitrogens with one attached hydrogen (secondary N) is 2. The van der Waals surface area contributed by atoms with E-state index in [2.05, 4.69) is 69.3 Å². The standard InChI is InChI=1S/C15H30N4O/c1-11(2)8-16-9-12-18-19-13(20-12)17-15(6,7)10-14(3,4)5/h11,16H,8-10H2,1-7H3,(H,17,19). The summed E-state index contributed by atoms with van der Waals surface area (Å²) in [6.07, 6.45) is 1.02. The summed E-state index contributed by atoms with van der Waals surface area (Å²) in [4.78, 5) is 0. The molecule has 0 saturated carbocycles. The van der Waals surface area contributed by atoms with Gasteiger partial charge in [-0.3, -0.25) is 0 Å². The Bertz CT molecular complexity index is 404. The van der Waals surface area contributed by atoms with Crippen LogP contribution in [-0.2, 0) is 6.54 Å². The zero-order valence-corrected chi connectivity index (χ0v) is 14.0. The maximum absolute atomic E-state index is 5.62. The summed E-state index contributed by atoms with van der Waals surface area (Å²) in [5, 5.41) is 14.7. The zero-order chi connectivity index (χ0) is 15.4. The molecule has 0 aromatic carbocycles. The van der Waals surface area contributed by atoms with E-state index in [1.165, 1.54) is 0 Å². The van der Waals surface area contributed by atoms with E-state index in [1.54, 1.807) is 0 Å². The van der Waals surface area contributed by atoms with E-state index in [0.29, 0.717) is 24.4 Å². The monoisotopic (exact) mass is 282 g/mol. The van der Waals surface area contributed by atoms with Gasteiger partial charge in [0.2, 0.25) is 5.89 Å². The number of aromatic nitrogens is 2. The van der Waals surface area contributed by atoms with Crippen molar-refractivity contribution in [2.24, 2.45) is 11.3 Å². The number of anilines is 1. The van der Waals surface area contributed by atoms with Crippen molar-refractivity contribution in [1.82, 2.24) is 15.5 Å². The predicted octanol–water partition coefficient (Wildman–Crippen LogP) is 3.44. The van der Waals surface area contributed by atoms with E-state index in [9.17, 15) is 0 Å². The topological polar surface area (TPSA) is 63.0 Å². The third-order valence-electron chi connectivity index (χ3n) is 2.71. The first-order valence-corrected chi connectivity index (χ1v) is 7.39. The Hall–Kier alpha value is -1.10. The van der Waals surface area contributed by atoms with Crippen LogP contribution in [0.5, 0.6) is 0 Å². The summed E-state index contributed by atoms with van der Waals surface area (Å²) in [5.74, 6) is 1.24. The molecule has 0 aliphatic carbocycles. The van der Waals surface area contributed by atoms with Gasteiger partial charge in [-0.1, -0.05) is 39.7 Å². The summed E-state index contributed by atoms with van der Waals surface area (Å²) in [6.45, 7) is 16.9. The summed E-state index contributed by atoms with van der Waals surface area (Å²) >= 11 is 0. The second-order valence-electron chi connectivity index (χ2n) is 7.77. The molecular weight excluding hydrogens is 252 g/mol. The van der Waals surface area contributed by atoms with Gasteiger partial charge in [0.1, 0.15) is 0 Å². The van der Waals surface area contributed by atoms with E-state index in [0.717, 1.165) is 13.0 Å². The van der Waals surface area contributed by atoms with Crippen LogP contribution in [0.15, 0.2) is 4.42 Å². The van der Waals surface area contributed by atoms with E-state index >= 15 is 0 Å². The SMILES string of the molecule is CC(C)CNCc1nnc(NC(C)(C)CC(C)(C)C)o1. The fourth-order valence-corrected chi connectivity index (χ4v) is 2.50. The largest absolute Gasteiger partial charge is 0.407 e. The Morgan fingerprint density at radius 3 is 2.30 bits per heavy atom. The fraction of sp³-hybridized carbons (Fsp3) is 0.867. The van der Waals surface area contributed by atoms with Crippen molar-refractivity contribution in [3.63, 3.8) is 0 Å². The molecule has 20 heavy (non-hydrogen) atoms. The second kappa shape index (κ2) is 6.57. The Morgan fingerprint density at radius 2 is 1.75 bits per heavy atom. The molecule has 0 amide bonds. The van der Waals surface area contributed by atoms with Crippen LogP contribution in [-0.4, -0.2) is 22.3 Å². The minimum absolute atomic E-state index is 0.0760. The molecule has 1 aromatic rings. The highest BCUT2D eigenvalue weighted by molar-refractivity contribution is 5.23. The van der Waals surface area contributed by atoms with Gasteiger partial charge in [-0.15, -0.1) is 5.10 Å². The molecule has 0 aliphatic rings. The lowest BCUT2D eigenvalue weighted by atomic mass is 9.82. The van der Waals surface area contributed by atoms with E-state index in [-0.39, 0.29) is 11.0 Å². The number of hydrogen-bond acceptors (Lipinski definition) is 5. The second-order valence-corrected chi connectivity index (χ2v) is 7.77. The lowest BCUT2D eigenvalue weighted by molar-refractivity contribution is 0.297. The van der Waals surface area contributed by atoms with Crippen LogP contribution in [0.25, 0.3) is 0 Å². The van der Waals surface area contributed by atoms with Crippen LogP contribution in [0.2, 0.25) is 0 Å². The van der Waals surface area contributed by atoms with Crippen molar-refractivity contribution in [1.29, 1.82) is 0 Å². The molecule has 5 heteroatoms. The van der Waals surface area contributed by atoms with Gasteiger partial charge in [-0.25, -0.2) is 0 Å². The Labute approximate surface area is 122 Å². The minimum atomic E-state index is -0.0760. The van der Waals surface area contributed by atoms with Crippen LogP contribution in [0.4, 0.5) is 6.01 Å². The highest BCUT2D eigenvalue weighted by Gasteiger charge is 2.26. The lowest BCUT2D eigenvalue weighted by Crippen LogP contribution is -2.35. The van der Waals surface area contributed by atoms with E-state index in [4.69, 9.17) is 4.42 Å². The summed E-state index contributed by atoms with van der Waals surface area (Å²) in [6, 6.07) is 0.501. The van der Waals surface area contributed by atoms with E-state index < -0.39 is 0 Å². The van der Waals surface area contributed by atoms with E-state index in [1.807, 2.05) is 0 Å². The molecule has 0 unspecified atom stereocenters. The molecule has 0 bridgehead atoms. The van der Waals surface area contributed by atoms with Crippen molar-refractivity contribution in [2.75, 3.05) is 11.9 Å². The van der Waals surface area contributed by atoms with Crippen molar-refractivity contribution in [3.05, 3.63) is 5.89 Å². The lowest BCUT2D eigenvalue weighted by Gasteiger charge is -2.32. The fourth-order valence-electron chi connectivity index (χ4n) is 2.50. The third-order valence-corrected chi connectivity index (χ3v) is 2.71. The van der Waals surface area contributed by atoms with Gasteiger partial charge >= 0.3 is 6.01 Å². The van der Waals surface area contributed by atoms with Gasteiger partial charge in [0.05, 0.1) is 6.54 Å². The average molecular weight is 282 g/mol. The van der Waals surface area contributed by atoms with Gasteiger partial charge in [0.25, 0.3) is 0 Å². The number of rotatable bonds is 7. The smallest absolute Gasteiger partial charge is 0.315 e. The van der Waals surface area contributed by atoms with Gasteiger partial charge in [0, 0.05) is 5.54 Å². The maximum atomic E-state index is 5.62. The first kappa shape index (κ1) is 17.0. The molecule has 1 rings (SSSR count). The van der Waals surface area contributed by atoms with Crippen molar-refractivity contribution in [2.45, 2.75) is 67.0 Å². The molecule has 5 nitrogen and oxygen atoms in total. The van der Waals surface area contributed by atoms with Gasteiger partial charge in [-0.05, 0) is 38.1 Å². The maximum Gasteiger partial charge on any atom is 0.315 e. The van der Waals surface area contributed by atoms with Crippen molar-refractivity contribution < 1.29 is 4.42 Å². The zero-order valence-electron chi connectivity index (χ0n) is 14.0. The summed E-state index contributed by atoms with van der Waals surface area (Å²) < 4.78 is 5.62. The van der Waals surface area contributed by atoms with Gasteiger partial charge in [-0.2, -0.15) is 0 Å². The first-order chi connectivity index (χ1) is 9.07. The van der Waals surface area contributed by atoms with Crippen LogP contribution < -0.4 is 10.6 Å². The highest BCUT2D eigenvalue weighted by Crippen LogP contribution is 2.29. The number of hydrogen-bond donors (Lipinski definition) is 2. The average Bonchev–Trinajstić information content (AvgIpc) is 2.60. The molecule has 1 aromatic heterocycles. The molecule has 0 atom stereocenters. The Balaban J connectivity index is 2.51. The molecule has 0 spiro atoms.